The summed E-state index contributed by atoms with van der Waals surface area (Å²) in [6.45, 7) is 6.09. The molecule has 0 saturated heterocycles. The van der Waals surface area contributed by atoms with Crippen LogP contribution in [0.15, 0.2) is 48.8 Å². The second-order valence-corrected chi connectivity index (χ2v) is 7.40. The molecule has 142 valence electrons. The van der Waals surface area contributed by atoms with Crippen LogP contribution in [0.4, 0.5) is 0 Å². The fraction of sp³-hybridized carbons (Fsp3) is 0.300. The first-order chi connectivity index (χ1) is 12.9. The summed E-state index contributed by atoms with van der Waals surface area (Å²) in [4.78, 5) is 2.12. The average Bonchev–Trinajstić information content (AvgIpc) is 2.97. The lowest BCUT2D eigenvalue weighted by molar-refractivity contribution is 0.198. The van der Waals surface area contributed by atoms with Crippen LogP contribution in [-0.2, 0) is 6.67 Å². The van der Waals surface area contributed by atoms with Gasteiger partial charge in [0.25, 0.3) is 0 Å². The van der Waals surface area contributed by atoms with E-state index in [1.54, 1.807) is 6.33 Å². The molecule has 2 aromatic carbocycles. The Labute approximate surface area is 169 Å². The monoisotopic (exact) mass is 402 g/mol. The van der Waals surface area contributed by atoms with E-state index in [-0.39, 0.29) is 0 Å². The van der Waals surface area contributed by atoms with Gasteiger partial charge in [0.2, 0.25) is 4.77 Å². The van der Waals surface area contributed by atoms with Gasteiger partial charge in [-0.15, -0.1) is 0 Å². The zero-order valence-electron chi connectivity index (χ0n) is 15.7. The van der Waals surface area contributed by atoms with Crippen molar-refractivity contribution in [2.24, 2.45) is 0 Å². The Morgan fingerprint density at radius 2 is 1.89 bits per heavy atom. The molecule has 27 heavy (non-hydrogen) atoms. The summed E-state index contributed by atoms with van der Waals surface area (Å²) in [5, 5.41) is 5.15. The lowest BCUT2D eigenvalue weighted by Gasteiger charge is -2.17. The van der Waals surface area contributed by atoms with Crippen molar-refractivity contribution in [2.45, 2.75) is 20.5 Å². The Kier molecular flexibility index (Phi) is 6.31. The molecule has 0 amide bonds. The van der Waals surface area contributed by atoms with Crippen molar-refractivity contribution in [3.63, 3.8) is 0 Å². The Hall–Kier alpha value is -2.15. The maximum atomic E-state index is 5.88. The fourth-order valence-corrected chi connectivity index (χ4v) is 3.20. The van der Waals surface area contributed by atoms with Gasteiger partial charge in [-0.05, 0) is 69.0 Å². The van der Waals surface area contributed by atoms with Gasteiger partial charge in [-0.1, -0.05) is 29.3 Å². The summed E-state index contributed by atoms with van der Waals surface area (Å²) >= 11 is 11.5. The van der Waals surface area contributed by atoms with E-state index in [9.17, 15) is 0 Å². The predicted octanol–water partition coefficient (Wildman–Crippen LogP) is 4.64. The molecule has 0 N–H and O–H groups in total. The lowest BCUT2D eigenvalue weighted by Crippen LogP contribution is -2.27. The van der Waals surface area contributed by atoms with Crippen molar-refractivity contribution in [2.75, 3.05) is 20.2 Å². The average molecular weight is 403 g/mol. The molecule has 1 aromatic heterocycles. The van der Waals surface area contributed by atoms with Gasteiger partial charge in [0, 0.05) is 11.6 Å². The molecule has 0 unspecified atom stereocenters. The van der Waals surface area contributed by atoms with Gasteiger partial charge in [0.05, 0.1) is 12.4 Å². The van der Waals surface area contributed by atoms with Crippen LogP contribution in [0.25, 0.3) is 5.69 Å². The van der Waals surface area contributed by atoms with Crippen molar-refractivity contribution in [3.05, 3.63) is 69.7 Å². The number of hydrogen-bond acceptors (Lipinski definition) is 4. The largest absolute Gasteiger partial charge is 0.492 e. The molecule has 1 heterocycles. The summed E-state index contributed by atoms with van der Waals surface area (Å²) < 4.78 is 10.2. The number of hydrogen-bond donors (Lipinski definition) is 0. The molecule has 3 aromatic rings. The minimum absolute atomic E-state index is 0.573. The standard InChI is InChI=1S/C20H23ClN4OS/c1-15-4-9-19(16(2)12-15)24-13-22-25(20(24)27)14-23(3)10-11-26-18-7-5-17(21)6-8-18/h4-9,12-13H,10-11,14H2,1-3H3. The number of aromatic nitrogens is 3. The zero-order valence-corrected chi connectivity index (χ0v) is 17.3. The Morgan fingerprint density at radius 1 is 1.15 bits per heavy atom. The second kappa shape index (κ2) is 8.69. The van der Waals surface area contributed by atoms with E-state index < -0.39 is 0 Å². The SMILES string of the molecule is Cc1ccc(-n2cnn(CN(C)CCOc3ccc(Cl)cc3)c2=S)c(C)c1. The van der Waals surface area contributed by atoms with Crippen molar-refractivity contribution in [1.29, 1.82) is 0 Å². The lowest BCUT2D eigenvalue weighted by atomic mass is 10.1. The first-order valence-electron chi connectivity index (χ1n) is 8.73. The van der Waals surface area contributed by atoms with Crippen LogP contribution in [0.5, 0.6) is 5.75 Å². The van der Waals surface area contributed by atoms with Crippen LogP contribution in [0.2, 0.25) is 5.02 Å². The normalized spacial score (nSPS) is 11.1. The molecule has 0 radical (unpaired) electrons. The van der Waals surface area contributed by atoms with Gasteiger partial charge in [-0.3, -0.25) is 9.47 Å². The second-order valence-electron chi connectivity index (χ2n) is 6.60. The van der Waals surface area contributed by atoms with Crippen LogP contribution in [0.1, 0.15) is 11.1 Å². The molecule has 7 heteroatoms. The smallest absolute Gasteiger partial charge is 0.203 e. The summed E-state index contributed by atoms with van der Waals surface area (Å²) in [6, 6.07) is 13.7. The number of aryl methyl sites for hydroxylation is 2. The first-order valence-corrected chi connectivity index (χ1v) is 9.51. The molecular weight excluding hydrogens is 380 g/mol. The maximum Gasteiger partial charge on any atom is 0.203 e. The Balaban J connectivity index is 1.60. The van der Waals surface area contributed by atoms with Crippen molar-refractivity contribution in [1.82, 2.24) is 19.2 Å². The quantitative estimate of drug-likeness (QED) is 0.539. The van der Waals surface area contributed by atoms with Crippen molar-refractivity contribution < 1.29 is 4.74 Å². The molecule has 0 atom stereocenters. The highest BCUT2D eigenvalue weighted by Crippen LogP contribution is 2.17. The predicted molar refractivity (Wildman–Crippen MR) is 111 cm³/mol. The van der Waals surface area contributed by atoms with E-state index in [1.165, 1.54) is 11.1 Å². The Bertz CT molecular complexity index is 965. The molecule has 5 nitrogen and oxygen atoms in total. The van der Waals surface area contributed by atoms with E-state index in [0.717, 1.165) is 18.0 Å². The number of nitrogens with zero attached hydrogens (tertiary/aromatic N) is 4. The van der Waals surface area contributed by atoms with Gasteiger partial charge in [-0.2, -0.15) is 5.10 Å². The molecule has 0 saturated carbocycles. The van der Waals surface area contributed by atoms with E-state index >= 15 is 0 Å². The molecule has 0 fully saturated rings. The minimum Gasteiger partial charge on any atom is -0.492 e. The van der Waals surface area contributed by atoms with Crippen LogP contribution >= 0.6 is 23.8 Å². The maximum absolute atomic E-state index is 5.88. The summed E-state index contributed by atoms with van der Waals surface area (Å²) in [7, 11) is 2.02. The highest BCUT2D eigenvalue weighted by atomic mass is 35.5. The number of rotatable bonds is 7. The summed E-state index contributed by atoms with van der Waals surface area (Å²) in [5.74, 6) is 0.809. The van der Waals surface area contributed by atoms with Crippen molar-refractivity contribution >= 4 is 23.8 Å². The molecule has 0 aliphatic rings. The van der Waals surface area contributed by atoms with Crippen molar-refractivity contribution in [3.8, 4) is 11.4 Å². The van der Waals surface area contributed by atoms with Gasteiger partial charge in [0.1, 0.15) is 18.7 Å². The number of likely N-dealkylation sites (N-methyl/N-ethyl adjacent to an activating group) is 1. The van der Waals surface area contributed by atoms with E-state index in [4.69, 9.17) is 28.6 Å². The number of ether oxygens (including phenoxy) is 1. The topological polar surface area (TPSA) is 35.2 Å². The minimum atomic E-state index is 0.573. The van der Waals surface area contributed by atoms with Gasteiger partial charge < -0.3 is 4.74 Å². The van der Waals surface area contributed by atoms with Crippen LogP contribution in [0, 0.1) is 18.6 Å². The van der Waals surface area contributed by atoms with Crippen LogP contribution < -0.4 is 4.74 Å². The molecule has 0 spiro atoms. The summed E-state index contributed by atoms with van der Waals surface area (Å²) in [5.41, 5.74) is 3.47. The van der Waals surface area contributed by atoms with E-state index in [1.807, 2.05) is 40.6 Å². The van der Waals surface area contributed by atoms with E-state index in [0.29, 0.717) is 23.1 Å². The van der Waals surface area contributed by atoms with Gasteiger partial charge >= 0.3 is 0 Å². The molecular formula is C20H23ClN4OS. The zero-order chi connectivity index (χ0) is 19.4. The number of halogens is 1. The third-order valence-corrected chi connectivity index (χ3v) is 4.94. The first kappa shape index (κ1) is 19.6. The van der Waals surface area contributed by atoms with Crippen LogP contribution in [0.3, 0.4) is 0 Å². The molecule has 0 aliphatic carbocycles. The third kappa shape index (κ3) is 4.97. The number of benzene rings is 2. The van der Waals surface area contributed by atoms with Crippen LogP contribution in [-0.4, -0.2) is 39.4 Å². The van der Waals surface area contributed by atoms with Gasteiger partial charge in [0.15, 0.2) is 0 Å². The molecule has 0 aliphatic heterocycles. The van der Waals surface area contributed by atoms with Gasteiger partial charge in [-0.25, -0.2) is 4.68 Å². The molecule has 3 rings (SSSR count). The Morgan fingerprint density at radius 3 is 2.59 bits per heavy atom. The third-order valence-electron chi connectivity index (χ3n) is 4.28. The molecule has 0 bridgehead atoms. The highest BCUT2D eigenvalue weighted by molar-refractivity contribution is 7.71. The highest BCUT2D eigenvalue weighted by Gasteiger charge is 2.08. The summed E-state index contributed by atoms with van der Waals surface area (Å²) in [6.07, 6.45) is 1.78. The fourth-order valence-electron chi connectivity index (χ4n) is 2.82. The van der Waals surface area contributed by atoms with E-state index in [2.05, 4.69) is 42.0 Å².